The van der Waals surface area contributed by atoms with Crippen LogP contribution < -0.4 is 20.3 Å². The molecule has 0 unspecified atom stereocenters. The number of nitrogens with one attached hydrogen (secondary N) is 3. The van der Waals surface area contributed by atoms with Gasteiger partial charge in [-0.15, -0.1) is 0 Å². The van der Waals surface area contributed by atoms with Crippen LogP contribution >= 0.6 is 11.8 Å². The van der Waals surface area contributed by atoms with Gasteiger partial charge in [0.1, 0.15) is 11.5 Å². The number of nitrogens with zero attached hydrogens (tertiary/aromatic N) is 1. The van der Waals surface area contributed by atoms with Gasteiger partial charge in [0.25, 0.3) is 11.8 Å². The number of carbonyl (C=O) groups excluding carboxylic acids is 2. The van der Waals surface area contributed by atoms with Gasteiger partial charge in [-0.1, -0.05) is 36.0 Å². The topological polar surface area (TPSA) is 105 Å². The first-order valence-electron chi connectivity index (χ1n) is 10.1. The van der Waals surface area contributed by atoms with E-state index in [2.05, 4.69) is 20.8 Å². The molecule has 1 aromatic heterocycles. The zero-order valence-corrected chi connectivity index (χ0v) is 18.6. The minimum absolute atomic E-state index is 0.232. The Morgan fingerprint density at radius 3 is 2.39 bits per heavy atom. The molecule has 4 rings (SSSR count). The fourth-order valence-corrected chi connectivity index (χ4v) is 3.80. The quantitative estimate of drug-likeness (QED) is 0.272. The van der Waals surface area contributed by atoms with Gasteiger partial charge in [0.15, 0.2) is 11.8 Å². The van der Waals surface area contributed by atoms with Crippen LogP contribution in [0.25, 0.3) is 11.0 Å². The van der Waals surface area contributed by atoms with Gasteiger partial charge in [-0.2, -0.15) is 0 Å². The molecule has 2 amide bonds. The van der Waals surface area contributed by atoms with Gasteiger partial charge in [0.05, 0.1) is 18.1 Å². The van der Waals surface area contributed by atoms with Crippen molar-refractivity contribution in [3.63, 3.8) is 0 Å². The minimum Gasteiger partial charge on any atom is -0.497 e. The number of hydrogen-bond donors (Lipinski definition) is 3. The van der Waals surface area contributed by atoms with Crippen LogP contribution in [0.2, 0.25) is 0 Å². The van der Waals surface area contributed by atoms with Gasteiger partial charge in [0.2, 0.25) is 0 Å². The van der Waals surface area contributed by atoms with Gasteiger partial charge in [-0.05, 0) is 54.1 Å². The van der Waals surface area contributed by atoms with Gasteiger partial charge in [-0.25, -0.2) is 4.98 Å². The molecule has 0 atom stereocenters. The van der Waals surface area contributed by atoms with Crippen molar-refractivity contribution in [1.82, 2.24) is 20.8 Å². The summed E-state index contributed by atoms with van der Waals surface area (Å²) in [6.07, 6.45) is 0. The average molecular weight is 463 g/mol. The Bertz CT molecular complexity index is 1210. The number of H-pyrrole nitrogens is 1. The lowest BCUT2D eigenvalue weighted by Gasteiger charge is -2.09. The molecule has 0 bridgehead atoms. The number of methoxy groups -OCH3 is 1. The predicted octanol–water partition coefficient (Wildman–Crippen LogP) is 3.70. The van der Waals surface area contributed by atoms with E-state index in [-0.39, 0.29) is 6.61 Å². The summed E-state index contributed by atoms with van der Waals surface area (Å²) in [6.45, 7) is -0.232. The Morgan fingerprint density at radius 1 is 0.939 bits per heavy atom. The fraction of sp³-hybridized carbons (Fsp3) is 0.125. The minimum atomic E-state index is -0.474. The molecule has 3 N–H and O–H groups in total. The summed E-state index contributed by atoms with van der Waals surface area (Å²) in [5, 5.41) is 0.845. The van der Waals surface area contributed by atoms with Crippen molar-refractivity contribution in [3.05, 3.63) is 83.9 Å². The molecule has 0 aliphatic heterocycles. The first-order chi connectivity index (χ1) is 16.1. The molecule has 9 heteroatoms. The molecular weight excluding hydrogens is 440 g/mol. The largest absolute Gasteiger partial charge is 0.497 e. The van der Waals surface area contributed by atoms with E-state index in [4.69, 9.17) is 9.47 Å². The lowest BCUT2D eigenvalue weighted by molar-refractivity contribution is -0.123. The number of carbonyl (C=O) groups is 2. The molecule has 8 nitrogen and oxygen atoms in total. The zero-order chi connectivity index (χ0) is 23.0. The smallest absolute Gasteiger partial charge is 0.276 e. The fourth-order valence-electron chi connectivity index (χ4n) is 2.96. The summed E-state index contributed by atoms with van der Waals surface area (Å²) >= 11 is 1.59. The van der Waals surface area contributed by atoms with E-state index in [0.29, 0.717) is 22.8 Å². The van der Waals surface area contributed by atoms with Crippen molar-refractivity contribution >= 4 is 34.6 Å². The highest BCUT2D eigenvalue weighted by molar-refractivity contribution is 7.98. The second-order valence-corrected chi connectivity index (χ2v) is 7.98. The number of thioether (sulfide) groups is 1. The highest BCUT2D eigenvalue weighted by Crippen LogP contribution is 2.23. The molecule has 0 aliphatic rings. The second kappa shape index (κ2) is 10.6. The summed E-state index contributed by atoms with van der Waals surface area (Å²) < 4.78 is 10.4. The average Bonchev–Trinajstić information content (AvgIpc) is 3.28. The van der Waals surface area contributed by atoms with Crippen molar-refractivity contribution in [2.75, 3.05) is 13.7 Å². The van der Waals surface area contributed by atoms with Crippen molar-refractivity contribution in [2.24, 2.45) is 0 Å². The molecule has 0 aliphatic carbocycles. The molecule has 0 saturated carbocycles. The van der Waals surface area contributed by atoms with Crippen LogP contribution in [0.5, 0.6) is 11.5 Å². The van der Waals surface area contributed by atoms with Gasteiger partial charge in [0, 0.05) is 11.3 Å². The number of rotatable bonds is 8. The van der Waals surface area contributed by atoms with Crippen molar-refractivity contribution in [2.45, 2.75) is 10.9 Å². The summed E-state index contributed by atoms with van der Waals surface area (Å²) in [6, 6.07) is 21.9. The van der Waals surface area contributed by atoms with E-state index in [1.54, 1.807) is 55.3 Å². The number of ether oxygens (including phenoxy) is 2. The highest BCUT2D eigenvalue weighted by Gasteiger charge is 2.09. The van der Waals surface area contributed by atoms with Crippen LogP contribution in [0.3, 0.4) is 0 Å². The van der Waals surface area contributed by atoms with E-state index >= 15 is 0 Å². The molecule has 3 aromatic carbocycles. The summed E-state index contributed by atoms with van der Waals surface area (Å²) in [7, 11) is 1.57. The highest BCUT2D eigenvalue weighted by atomic mass is 32.2. The first-order valence-corrected chi connectivity index (χ1v) is 11.1. The Kier molecular flexibility index (Phi) is 7.11. The standard InChI is InChI=1S/C24H22N4O4S/c1-31-18-10-12-19(13-11-18)32-14-22(29)27-28-23(30)17-8-6-16(7-9-17)15-33-24-25-20-4-2-3-5-21(20)26-24/h2-13H,14-15H2,1H3,(H,25,26)(H,27,29)(H,28,30). The Labute approximate surface area is 194 Å². The maximum Gasteiger partial charge on any atom is 0.276 e. The number of benzene rings is 3. The van der Waals surface area contributed by atoms with Crippen LogP contribution in [0.1, 0.15) is 15.9 Å². The molecule has 0 radical (unpaired) electrons. The third-order valence-electron chi connectivity index (χ3n) is 4.70. The van der Waals surface area contributed by atoms with Crippen LogP contribution in [0, 0.1) is 0 Å². The van der Waals surface area contributed by atoms with Crippen LogP contribution in [0.15, 0.2) is 78.0 Å². The maximum atomic E-state index is 12.3. The molecule has 1 heterocycles. The van der Waals surface area contributed by atoms with Crippen LogP contribution in [-0.2, 0) is 10.5 Å². The summed E-state index contributed by atoms with van der Waals surface area (Å²) in [5.74, 6) is 1.04. The normalized spacial score (nSPS) is 10.6. The van der Waals surface area contributed by atoms with Gasteiger partial charge in [-0.3, -0.25) is 20.4 Å². The maximum absolute atomic E-state index is 12.3. The first kappa shape index (κ1) is 22.2. The molecule has 0 fully saturated rings. The lowest BCUT2D eigenvalue weighted by atomic mass is 10.1. The van der Waals surface area contributed by atoms with E-state index in [0.717, 1.165) is 21.8 Å². The van der Waals surface area contributed by atoms with Gasteiger partial charge >= 0.3 is 0 Å². The molecule has 0 saturated heterocycles. The Morgan fingerprint density at radius 2 is 1.67 bits per heavy atom. The van der Waals surface area contributed by atoms with Crippen LogP contribution in [-0.4, -0.2) is 35.5 Å². The van der Waals surface area contributed by atoms with E-state index in [9.17, 15) is 9.59 Å². The molecule has 168 valence electrons. The van der Waals surface area contributed by atoms with Crippen molar-refractivity contribution < 1.29 is 19.1 Å². The lowest BCUT2D eigenvalue weighted by Crippen LogP contribution is -2.43. The Balaban J connectivity index is 1.21. The number of imidazole rings is 1. The SMILES string of the molecule is COc1ccc(OCC(=O)NNC(=O)c2ccc(CSc3nc4ccccc4[nH]3)cc2)cc1. The number of hydrogen-bond acceptors (Lipinski definition) is 6. The third-order valence-corrected chi connectivity index (χ3v) is 5.65. The van der Waals surface area contributed by atoms with Gasteiger partial charge < -0.3 is 14.5 Å². The van der Waals surface area contributed by atoms with E-state index in [1.807, 2.05) is 36.4 Å². The number of amides is 2. The summed E-state index contributed by atoms with van der Waals surface area (Å²) in [4.78, 5) is 32.0. The van der Waals surface area contributed by atoms with E-state index < -0.39 is 11.8 Å². The zero-order valence-electron chi connectivity index (χ0n) is 17.8. The molecule has 33 heavy (non-hydrogen) atoms. The molecule has 4 aromatic rings. The predicted molar refractivity (Wildman–Crippen MR) is 126 cm³/mol. The number of para-hydroxylation sites is 2. The van der Waals surface area contributed by atoms with Crippen molar-refractivity contribution in [3.8, 4) is 11.5 Å². The molecule has 0 spiro atoms. The number of aromatic amines is 1. The third kappa shape index (κ3) is 6.05. The van der Waals surface area contributed by atoms with Crippen molar-refractivity contribution in [1.29, 1.82) is 0 Å². The Hall–Kier alpha value is -3.98. The monoisotopic (exact) mass is 462 g/mol. The number of aromatic nitrogens is 2. The second-order valence-electron chi connectivity index (χ2n) is 7.01. The number of fused-ring (bicyclic) bond motifs is 1. The molecular formula is C24H22N4O4S. The van der Waals surface area contributed by atoms with E-state index in [1.165, 1.54) is 0 Å². The number of hydrazine groups is 1. The van der Waals surface area contributed by atoms with Crippen LogP contribution in [0.4, 0.5) is 0 Å². The summed E-state index contributed by atoms with van der Waals surface area (Å²) in [5.41, 5.74) is 8.15.